The van der Waals surface area contributed by atoms with Gasteiger partial charge >= 0.3 is 0 Å². The van der Waals surface area contributed by atoms with Gasteiger partial charge in [-0.3, -0.25) is 4.79 Å². The minimum Gasteiger partial charge on any atom is -0.493 e. The lowest BCUT2D eigenvalue weighted by Crippen LogP contribution is -2.09. The number of carbonyl (C=O) groups is 1. The molecule has 0 aromatic heterocycles. The summed E-state index contributed by atoms with van der Waals surface area (Å²) in [5, 5.41) is 6.06. The average Bonchev–Trinajstić information content (AvgIpc) is 2.79. The Morgan fingerprint density at radius 3 is 2.10 bits per heavy atom. The highest BCUT2D eigenvalue weighted by Crippen LogP contribution is 2.40. The van der Waals surface area contributed by atoms with E-state index in [0.29, 0.717) is 28.6 Å². The Morgan fingerprint density at radius 1 is 0.871 bits per heavy atom. The van der Waals surface area contributed by atoms with Crippen LogP contribution in [0, 0.1) is 0 Å². The van der Waals surface area contributed by atoms with Crippen molar-refractivity contribution in [2.24, 2.45) is 0 Å². The lowest BCUT2D eigenvalue weighted by molar-refractivity contribution is -0.111. The van der Waals surface area contributed by atoms with Gasteiger partial charge in [-0.25, -0.2) is 0 Å². The first-order valence-electron chi connectivity index (χ1n) is 9.54. The maximum absolute atomic E-state index is 12.1. The van der Waals surface area contributed by atoms with Crippen molar-refractivity contribution in [1.29, 1.82) is 0 Å². The van der Waals surface area contributed by atoms with Gasteiger partial charge in [0.05, 0.1) is 32.7 Å². The van der Waals surface area contributed by atoms with Crippen LogP contribution in [-0.4, -0.2) is 27.2 Å². The zero-order valence-electron chi connectivity index (χ0n) is 17.6. The third kappa shape index (κ3) is 5.48. The van der Waals surface area contributed by atoms with E-state index in [4.69, 9.17) is 19.9 Å². The normalized spacial score (nSPS) is 10.5. The number of hydrogen-bond donors (Lipinski definition) is 3. The molecule has 0 heterocycles. The summed E-state index contributed by atoms with van der Waals surface area (Å²) < 4.78 is 16.1. The van der Waals surface area contributed by atoms with Crippen molar-refractivity contribution in [1.82, 2.24) is 0 Å². The summed E-state index contributed by atoms with van der Waals surface area (Å²) in [5.74, 6) is 1.41. The van der Waals surface area contributed by atoms with Gasteiger partial charge < -0.3 is 30.6 Å². The molecular formula is C24H25N3O4. The number of ether oxygens (including phenoxy) is 3. The van der Waals surface area contributed by atoms with E-state index in [0.717, 1.165) is 16.9 Å². The van der Waals surface area contributed by atoms with Gasteiger partial charge in [0.25, 0.3) is 0 Å². The molecule has 0 aliphatic rings. The number of nitrogens with one attached hydrogen (secondary N) is 2. The monoisotopic (exact) mass is 419 g/mol. The second-order valence-electron chi connectivity index (χ2n) is 6.57. The highest BCUT2D eigenvalue weighted by molar-refractivity contribution is 6.03. The Bertz CT molecular complexity index is 1050. The molecule has 0 spiro atoms. The molecule has 0 atom stereocenters. The molecule has 0 saturated carbocycles. The van der Waals surface area contributed by atoms with Gasteiger partial charge in [0.1, 0.15) is 0 Å². The van der Waals surface area contributed by atoms with Gasteiger partial charge in [-0.15, -0.1) is 0 Å². The molecule has 160 valence electrons. The first-order valence-corrected chi connectivity index (χ1v) is 9.54. The van der Waals surface area contributed by atoms with Gasteiger partial charge in [-0.05, 0) is 35.9 Å². The summed E-state index contributed by atoms with van der Waals surface area (Å²) in [4.78, 5) is 12.1. The molecule has 0 aliphatic heterocycles. The fourth-order valence-corrected chi connectivity index (χ4v) is 2.95. The van der Waals surface area contributed by atoms with E-state index < -0.39 is 0 Å². The van der Waals surface area contributed by atoms with E-state index in [2.05, 4.69) is 10.6 Å². The number of anilines is 4. The van der Waals surface area contributed by atoms with E-state index in [1.54, 1.807) is 39.5 Å². The second-order valence-corrected chi connectivity index (χ2v) is 6.57. The number of nitrogen functional groups attached to an aromatic ring is 1. The molecule has 3 aromatic carbocycles. The van der Waals surface area contributed by atoms with Crippen LogP contribution in [0.5, 0.6) is 17.2 Å². The van der Waals surface area contributed by atoms with Crippen LogP contribution >= 0.6 is 0 Å². The van der Waals surface area contributed by atoms with Crippen LogP contribution in [0.4, 0.5) is 22.7 Å². The van der Waals surface area contributed by atoms with E-state index >= 15 is 0 Å². The molecule has 4 N–H and O–H groups in total. The number of rotatable bonds is 8. The van der Waals surface area contributed by atoms with Crippen molar-refractivity contribution in [3.05, 3.63) is 72.3 Å². The summed E-state index contributed by atoms with van der Waals surface area (Å²) in [6.07, 6.45) is 3.20. The molecule has 0 saturated heterocycles. The molecule has 0 bridgehead atoms. The molecule has 3 aromatic rings. The fraction of sp³-hybridized carbons (Fsp3) is 0.125. The number of benzene rings is 3. The summed E-state index contributed by atoms with van der Waals surface area (Å²) in [7, 11) is 4.71. The molecule has 31 heavy (non-hydrogen) atoms. The van der Waals surface area contributed by atoms with Crippen molar-refractivity contribution >= 4 is 34.7 Å². The van der Waals surface area contributed by atoms with Crippen LogP contribution in [0.25, 0.3) is 6.08 Å². The van der Waals surface area contributed by atoms with E-state index in [1.165, 1.54) is 6.08 Å². The minimum atomic E-state index is -0.252. The molecule has 0 radical (unpaired) electrons. The molecular weight excluding hydrogens is 394 g/mol. The predicted molar refractivity (Wildman–Crippen MR) is 124 cm³/mol. The molecule has 3 rings (SSSR count). The van der Waals surface area contributed by atoms with E-state index in [1.807, 2.05) is 48.5 Å². The van der Waals surface area contributed by atoms with Crippen LogP contribution in [-0.2, 0) is 4.79 Å². The van der Waals surface area contributed by atoms with Crippen molar-refractivity contribution in [3.8, 4) is 17.2 Å². The van der Waals surface area contributed by atoms with E-state index in [9.17, 15) is 4.79 Å². The summed E-state index contributed by atoms with van der Waals surface area (Å²) >= 11 is 0. The van der Waals surface area contributed by atoms with E-state index in [-0.39, 0.29) is 5.91 Å². The molecule has 1 amide bonds. The smallest absolute Gasteiger partial charge is 0.248 e. The Labute approximate surface area is 181 Å². The molecule has 0 aliphatic carbocycles. The van der Waals surface area contributed by atoms with Crippen LogP contribution in [0.1, 0.15) is 5.56 Å². The van der Waals surface area contributed by atoms with Crippen LogP contribution in [0.3, 0.4) is 0 Å². The van der Waals surface area contributed by atoms with Crippen molar-refractivity contribution in [3.63, 3.8) is 0 Å². The standard InChI is InChI=1S/C24H25N3O4/c1-29-21-14-18(15-22(30-2)24(21)31-3)26-17-11-8-16(9-12-17)10-13-23(28)27-20-7-5-4-6-19(20)25/h4-15,26H,25H2,1-3H3,(H,27,28)/b13-10-. The van der Waals surface area contributed by atoms with Gasteiger partial charge in [0.15, 0.2) is 11.5 Å². The van der Waals surface area contributed by atoms with Gasteiger partial charge in [-0.1, -0.05) is 24.3 Å². The third-order valence-electron chi connectivity index (χ3n) is 4.51. The van der Waals surface area contributed by atoms with Crippen LogP contribution < -0.4 is 30.6 Å². The number of carbonyl (C=O) groups excluding carboxylic acids is 1. The Hall–Kier alpha value is -4.13. The van der Waals surface area contributed by atoms with Crippen molar-refractivity contribution in [2.75, 3.05) is 37.7 Å². The molecule has 0 unspecified atom stereocenters. The predicted octanol–water partition coefficient (Wildman–Crippen LogP) is 4.69. The maximum Gasteiger partial charge on any atom is 0.248 e. The number of para-hydroxylation sites is 2. The maximum atomic E-state index is 12.1. The Kier molecular flexibility index (Phi) is 7.01. The van der Waals surface area contributed by atoms with Gasteiger partial charge in [0, 0.05) is 29.6 Å². The fourth-order valence-electron chi connectivity index (χ4n) is 2.95. The molecule has 0 fully saturated rings. The lowest BCUT2D eigenvalue weighted by Gasteiger charge is -2.15. The molecule has 7 nitrogen and oxygen atoms in total. The zero-order valence-corrected chi connectivity index (χ0v) is 17.6. The van der Waals surface area contributed by atoms with Crippen molar-refractivity contribution < 1.29 is 19.0 Å². The Morgan fingerprint density at radius 2 is 1.52 bits per heavy atom. The third-order valence-corrected chi connectivity index (χ3v) is 4.51. The summed E-state index contributed by atoms with van der Waals surface area (Å²) in [6.45, 7) is 0. The van der Waals surface area contributed by atoms with Crippen LogP contribution in [0.15, 0.2) is 66.7 Å². The lowest BCUT2D eigenvalue weighted by atomic mass is 10.1. The van der Waals surface area contributed by atoms with Crippen LogP contribution in [0.2, 0.25) is 0 Å². The topological polar surface area (TPSA) is 94.8 Å². The zero-order chi connectivity index (χ0) is 22.2. The van der Waals surface area contributed by atoms with Gasteiger partial charge in [-0.2, -0.15) is 0 Å². The highest BCUT2D eigenvalue weighted by atomic mass is 16.5. The highest BCUT2D eigenvalue weighted by Gasteiger charge is 2.13. The Balaban J connectivity index is 1.67. The number of methoxy groups -OCH3 is 3. The number of nitrogens with two attached hydrogens (primary N) is 1. The molecule has 7 heteroatoms. The minimum absolute atomic E-state index is 0.252. The SMILES string of the molecule is COc1cc(Nc2ccc(/C=C\C(=O)Nc3ccccc3N)cc2)cc(OC)c1OC. The van der Waals surface area contributed by atoms with Crippen molar-refractivity contribution in [2.45, 2.75) is 0 Å². The number of hydrogen-bond acceptors (Lipinski definition) is 6. The number of amides is 1. The first-order chi connectivity index (χ1) is 15.0. The summed E-state index contributed by atoms with van der Waals surface area (Å²) in [5.41, 5.74) is 9.48. The largest absolute Gasteiger partial charge is 0.493 e. The first kappa shape index (κ1) is 21.6. The van der Waals surface area contributed by atoms with Gasteiger partial charge in [0.2, 0.25) is 11.7 Å². The quantitative estimate of drug-likeness (QED) is 0.362. The second kappa shape index (κ2) is 10.1. The average molecular weight is 419 g/mol. The summed E-state index contributed by atoms with van der Waals surface area (Å²) in [6, 6.07) is 18.4.